The van der Waals surface area contributed by atoms with Crippen LogP contribution >= 0.6 is 0 Å². The van der Waals surface area contributed by atoms with Gasteiger partial charge < -0.3 is 5.11 Å². The summed E-state index contributed by atoms with van der Waals surface area (Å²) in [7, 11) is 0. The molecule has 3 atom stereocenters. The van der Waals surface area contributed by atoms with E-state index >= 15 is 0 Å². The van der Waals surface area contributed by atoms with Gasteiger partial charge in [-0.2, -0.15) is 5.10 Å². The summed E-state index contributed by atoms with van der Waals surface area (Å²) in [5, 5.41) is 13.5. The van der Waals surface area contributed by atoms with Crippen LogP contribution in [0.25, 0.3) is 0 Å². The first-order valence-electron chi connectivity index (χ1n) is 6.52. The molecule has 2 saturated carbocycles. The van der Waals surface area contributed by atoms with Crippen LogP contribution in [0, 0.1) is 17.3 Å². The fourth-order valence-electron chi connectivity index (χ4n) is 4.02. The highest BCUT2D eigenvalue weighted by Crippen LogP contribution is 2.69. The van der Waals surface area contributed by atoms with Crippen molar-refractivity contribution < 1.29 is 9.90 Å². The number of aliphatic carboxylic acids is 1. The maximum Gasteiger partial charge on any atom is 0.353 e. The van der Waals surface area contributed by atoms with E-state index in [0.717, 1.165) is 37.0 Å². The van der Waals surface area contributed by atoms with Crippen molar-refractivity contribution in [2.24, 2.45) is 22.4 Å². The molecule has 0 unspecified atom stereocenters. The van der Waals surface area contributed by atoms with E-state index in [1.54, 1.807) is 0 Å². The Kier molecular flexibility index (Phi) is 2.37. The molecule has 0 spiro atoms. The third kappa shape index (κ3) is 1.32. The Morgan fingerprint density at radius 1 is 1.72 bits per heavy atom. The number of hydrazone groups is 1. The number of nitrogens with one attached hydrogen (secondary N) is 1. The van der Waals surface area contributed by atoms with Crippen molar-refractivity contribution in [3.05, 3.63) is 23.9 Å². The molecular weight excluding hydrogens is 228 g/mol. The fraction of sp³-hybridized carbons (Fsp3) is 0.571. The second kappa shape index (κ2) is 3.70. The quantitative estimate of drug-likeness (QED) is 0.748. The summed E-state index contributed by atoms with van der Waals surface area (Å²) < 4.78 is 0. The van der Waals surface area contributed by atoms with Crippen molar-refractivity contribution in [1.29, 1.82) is 0 Å². The minimum atomic E-state index is -0.890. The first kappa shape index (κ1) is 11.5. The van der Waals surface area contributed by atoms with Gasteiger partial charge in [-0.15, -0.1) is 6.58 Å². The molecule has 3 rings (SSSR count). The first-order valence-corrected chi connectivity index (χ1v) is 6.52. The van der Waals surface area contributed by atoms with E-state index in [-0.39, 0.29) is 5.41 Å². The lowest BCUT2D eigenvalue weighted by atomic mass is 9.80. The molecule has 3 aliphatic rings. The molecule has 2 fully saturated rings. The van der Waals surface area contributed by atoms with Gasteiger partial charge in [0.05, 0.1) is 0 Å². The lowest BCUT2D eigenvalue weighted by Gasteiger charge is -2.29. The fourth-order valence-corrected chi connectivity index (χ4v) is 4.02. The summed E-state index contributed by atoms with van der Waals surface area (Å²) in [5.74, 6) is 0.247. The maximum atomic E-state index is 11.2. The molecule has 1 heterocycles. The van der Waals surface area contributed by atoms with Gasteiger partial charge in [-0.25, -0.2) is 4.79 Å². The van der Waals surface area contributed by atoms with Gasteiger partial charge in [0.1, 0.15) is 5.70 Å². The Bertz CT molecular complexity index is 492. The van der Waals surface area contributed by atoms with Crippen LogP contribution in [0.1, 0.15) is 32.6 Å². The summed E-state index contributed by atoms with van der Waals surface area (Å²) in [6.07, 6.45) is 5.72. The van der Waals surface area contributed by atoms with Gasteiger partial charge in [0, 0.05) is 18.1 Å². The van der Waals surface area contributed by atoms with Crippen molar-refractivity contribution >= 4 is 11.7 Å². The SMILES string of the molecule is C=CC[C@@H]1[C@H]2C3=NNC(C(=O)O)=C(C3)C[C@@]12CC. The highest BCUT2D eigenvalue weighted by atomic mass is 16.4. The molecule has 0 aromatic carbocycles. The normalized spacial score (nSPS) is 36.4. The number of rotatable bonds is 4. The Morgan fingerprint density at radius 3 is 3.11 bits per heavy atom. The van der Waals surface area contributed by atoms with E-state index in [9.17, 15) is 9.90 Å². The van der Waals surface area contributed by atoms with Crippen LogP contribution in [-0.4, -0.2) is 16.8 Å². The number of carboxylic acid groups (broad SMARTS) is 1. The highest BCUT2D eigenvalue weighted by molar-refractivity contribution is 5.98. The molecule has 4 nitrogen and oxygen atoms in total. The van der Waals surface area contributed by atoms with E-state index in [0.29, 0.717) is 17.5 Å². The molecule has 0 aromatic heterocycles. The van der Waals surface area contributed by atoms with Crippen molar-refractivity contribution in [3.8, 4) is 0 Å². The molecule has 0 aromatic rings. The van der Waals surface area contributed by atoms with Crippen molar-refractivity contribution in [3.63, 3.8) is 0 Å². The summed E-state index contributed by atoms with van der Waals surface area (Å²) in [5.41, 5.74) is 5.45. The summed E-state index contributed by atoms with van der Waals surface area (Å²) in [4.78, 5) is 11.2. The minimum absolute atomic E-state index is 0.253. The molecule has 1 aliphatic heterocycles. The average molecular weight is 246 g/mol. The zero-order valence-electron chi connectivity index (χ0n) is 10.6. The van der Waals surface area contributed by atoms with Crippen molar-refractivity contribution in [2.75, 3.05) is 0 Å². The third-order valence-electron chi connectivity index (χ3n) is 4.90. The number of carboxylic acids is 1. The summed E-state index contributed by atoms with van der Waals surface area (Å²) >= 11 is 0. The summed E-state index contributed by atoms with van der Waals surface area (Å²) in [6.45, 7) is 6.03. The standard InChI is InChI=1S/C14H18N2O2/c1-3-5-9-11-10-6-8(7-14(9,11)4-2)12(13(17)18)16-15-10/h3,9,11,16H,1,4-7H2,2H3,(H,17,18)/t9-,11+,14+/m1/s1. The van der Waals surface area contributed by atoms with Gasteiger partial charge in [-0.1, -0.05) is 13.0 Å². The molecule has 2 N–H and O–H groups in total. The number of allylic oxidation sites excluding steroid dienone is 2. The van der Waals surface area contributed by atoms with Crippen LogP contribution in [0.15, 0.2) is 29.0 Å². The zero-order chi connectivity index (χ0) is 12.9. The number of hydrogen-bond donors (Lipinski definition) is 2. The van der Waals surface area contributed by atoms with E-state index in [1.165, 1.54) is 0 Å². The Balaban J connectivity index is 1.96. The van der Waals surface area contributed by atoms with Gasteiger partial charge in [0.15, 0.2) is 0 Å². The first-order chi connectivity index (χ1) is 8.64. The Morgan fingerprint density at radius 2 is 2.50 bits per heavy atom. The lowest BCUT2D eigenvalue weighted by molar-refractivity contribution is -0.133. The van der Waals surface area contributed by atoms with Crippen LogP contribution in [0.5, 0.6) is 0 Å². The van der Waals surface area contributed by atoms with E-state index in [2.05, 4.69) is 24.0 Å². The van der Waals surface area contributed by atoms with Crippen LogP contribution < -0.4 is 5.43 Å². The topological polar surface area (TPSA) is 61.7 Å². The molecule has 0 amide bonds. The highest BCUT2D eigenvalue weighted by Gasteiger charge is 2.66. The summed E-state index contributed by atoms with van der Waals surface area (Å²) in [6, 6.07) is 0. The molecular formula is C14H18N2O2. The van der Waals surface area contributed by atoms with Crippen molar-refractivity contribution in [2.45, 2.75) is 32.6 Å². The predicted molar refractivity (Wildman–Crippen MR) is 69.0 cm³/mol. The van der Waals surface area contributed by atoms with Gasteiger partial charge in [-0.05, 0) is 36.2 Å². The van der Waals surface area contributed by atoms with Crippen molar-refractivity contribution in [1.82, 2.24) is 5.43 Å². The second-order valence-electron chi connectivity index (χ2n) is 5.55. The second-order valence-corrected chi connectivity index (χ2v) is 5.55. The molecule has 2 bridgehead atoms. The molecule has 0 radical (unpaired) electrons. The maximum absolute atomic E-state index is 11.2. The molecule has 18 heavy (non-hydrogen) atoms. The zero-order valence-corrected chi connectivity index (χ0v) is 10.6. The Labute approximate surface area is 106 Å². The van der Waals surface area contributed by atoms with Gasteiger partial charge in [0.25, 0.3) is 0 Å². The average Bonchev–Trinajstić information content (AvgIpc) is 2.98. The number of fused-ring (bicyclic) bond motifs is 4. The van der Waals surface area contributed by atoms with Crippen LogP contribution in [0.3, 0.4) is 0 Å². The number of nitrogens with zero attached hydrogens (tertiary/aromatic N) is 1. The third-order valence-corrected chi connectivity index (χ3v) is 4.90. The number of hydrogen-bond acceptors (Lipinski definition) is 3. The monoisotopic (exact) mass is 246 g/mol. The molecule has 4 heteroatoms. The smallest absolute Gasteiger partial charge is 0.353 e. The predicted octanol–water partition coefficient (Wildman–Crippen LogP) is 2.30. The largest absolute Gasteiger partial charge is 0.477 e. The van der Waals surface area contributed by atoms with Crippen LogP contribution in [0.2, 0.25) is 0 Å². The lowest BCUT2D eigenvalue weighted by Crippen LogP contribution is -2.31. The van der Waals surface area contributed by atoms with Crippen LogP contribution in [-0.2, 0) is 4.79 Å². The molecule has 96 valence electrons. The van der Waals surface area contributed by atoms with Crippen LogP contribution in [0.4, 0.5) is 0 Å². The van der Waals surface area contributed by atoms with Gasteiger partial charge in [0.2, 0.25) is 0 Å². The minimum Gasteiger partial charge on any atom is -0.477 e. The van der Waals surface area contributed by atoms with E-state index < -0.39 is 5.97 Å². The van der Waals surface area contributed by atoms with Gasteiger partial charge in [-0.3, -0.25) is 5.43 Å². The Hall–Kier alpha value is -1.58. The van der Waals surface area contributed by atoms with Gasteiger partial charge >= 0.3 is 5.97 Å². The van der Waals surface area contributed by atoms with E-state index in [4.69, 9.17) is 0 Å². The van der Waals surface area contributed by atoms with E-state index in [1.807, 2.05) is 6.08 Å². The number of carbonyl (C=O) groups is 1. The molecule has 2 aliphatic carbocycles. The molecule has 0 saturated heterocycles.